The van der Waals surface area contributed by atoms with E-state index >= 15 is 0 Å². The van der Waals surface area contributed by atoms with Crippen LogP contribution in [-0.2, 0) is 0 Å². The van der Waals surface area contributed by atoms with Crippen LogP contribution in [0.1, 0.15) is 37.4 Å². The van der Waals surface area contributed by atoms with Crippen molar-refractivity contribution in [1.29, 1.82) is 0 Å². The van der Waals surface area contributed by atoms with Gasteiger partial charge in [0.15, 0.2) is 5.78 Å². The summed E-state index contributed by atoms with van der Waals surface area (Å²) in [6.45, 7) is 1.65. The average molecular weight is 270 g/mol. The quantitative estimate of drug-likeness (QED) is 0.579. The van der Waals surface area contributed by atoms with Crippen molar-refractivity contribution in [3.05, 3.63) is 52.1 Å². The molecule has 0 unspecified atom stereocenters. The standard InChI is InChI=1S/C15H10O5/c1-6-2-3-9(17)13-11(6)14(19)8-4-7(16)5-10(18)12(8)15(13)20/h2-5,16-18H,1H3. The summed E-state index contributed by atoms with van der Waals surface area (Å²) in [5.74, 6) is -2.22. The van der Waals surface area contributed by atoms with Crippen molar-refractivity contribution in [2.75, 3.05) is 0 Å². The van der Waals surface area contributed by atoms with Gasteiger partial charge in [0, 0.05) is 17.2 Å². The monoisotopic (exact) mass is 270 g/mol. The molecule has 3 rings (SSSR count). The SMILES string of the molecule is Cc1ccc(O)c2c1C(=O)c1cc(O)cc(O)c1C2=O. The molecule has 2 aromatic carbocycles. The van der Waals surface area contributed by atoms with Crippen molar-refractivity contribution < 1.29 is 24.9 Å². The van der Waals surface area contributed by atoms with Crippen molar-refractivity contribution in [3.8, 4) is 17.2 Å². The Morgan fingerprint density at radius 3 is 2.20 bits per heavy atom. The number of carbonyl (C=O) groups excluding carboxylic acids is 2. The lowest BCUT2D eigenvalue weighted by Gasteiger charge is -2.20. The number of hydrogen-bond acceptors (Lipinski definition) is 5. The summed E-state index contributed by atoms with van der Waals surface area (Å²) in [5, 5.41) is 29.1. The van der Waals surface area contributed by atoms with Crippen molar-refractivity contribution in [3.63, 3.8) is 0 Å². The molecule has 0 radical (unpaired) electrons. The number of aromatic hydroxyl groups is 3. The van der Waals surface area contributed by atoms with Crippen molar-refractivity contribution >= 4 is 11.6 Å². The Labute approximate surface area is 113 Å². The maximum atomic E-state index is 12.4. The highest BCUT2D eigenvalue weighted by Gasteiger charge is 2.35. The molecule has 2 aromatic rings. The minimum absolute atomic E-state index is 0.0614. The van der Waals surface area contributed by atoms with E-state index in [-0.39, 0.29) is 33.8 Å². The molecule has 0 heterocycles. The minimum atomic E-state index is -0.631. The van der Waals surface area contributed by atoms with Gasteiger partial charge in [0.25, 0.3) is 0 Å². The molecule has 1 aliphatic rings. The first-order chi connectivity index (χ1) is 9.41. The van der Waals surface area contributed by atoms with Gasteiger partial charge in [-0.05, 0) is 24.6 Å². The van der Waals surface area contributed by atoms with Crippen LogP contribution in [0.25, 0.3) is 0 Å². The predicted octanol–water partition coefficient (Wildman–Crippen LogP) is 1.89. The third-order valence-corrected chi connectivity index (χ3v) is 3.42. The Morgan fingerprint density at radius 2 is 1.50 bits per heavy atom. The molecule has 5 heteroatoms. The van der Waals surface area contributed by atoms with Gasteiger partial charge in [0.1, 0.15) is 17.2 Å². The zero-order valence-corrected chi connectivity index (χ0v) is 10.5. The van der Waals surface area contributed by atoms with Crippen LogP contribution >= 0.6 is 0 Å². The number of hydrogen-bond donors (Lipinski definition) is 3. The van der Waals surface area contributed by atoms with Gasteiger partial charge in [-0.15, -0.1) is 0 Å². The van der Waals surface area contributed by atoms with Crippen LogP contribution in [0.3, 0.4) is 0 Å². The number of ketones is 2. The second kappa shape index (κ2) is 3.84. The molecule has 0 spiro atoms. The summed E-state index contributed by atoms with van der Waals surface area (Å²) in [4.78, 5) is 24.9. The van der Waals surface area contributed by atoms with E-state index in [0.717, 1.165) is 12.1 Å². The van der Waals surface area contributed by atoms with Crippen LogP contribution < -0.4 is 0 Å². The molecule has 0 aromatic heterocycles. The molecule has 5 nitrogen and oxygen atoms in total. The molecule has 100 valence electrons. The number of carbonyl (C=O) groups is 2. The predicted molar refractivity (Wildman–Crippen MR) is 69.5 cm³/mol. The molecule has 0 amide bonds. The molecule has 0 aliphatic heterocycles. The smallest absolute Gasteiger partial charge is 0.201 e. The second-order valence-electron chi connectivity index (χ2n) is 4.70. The fraction of sp³-hybridized carbons (Fsp3) is 0.0667. The Bertz CT molecular complexity index is 789. The van der Waals surface area contributed by atoms with E-state index in [4.69, 9.17) is 0 Å². The van der Waals surface area contributed by atoms with E-state index in [1.165, 1.54) is 12.1 Å². The van der Waals surface area contributed by atoms with Crippen molar-refractivity contribution in [1.82, 2.24) is 0 Å². The Hall–Kier alpha value is -2.82. The van der Waals surface area contributed by atoms with Crippen LogP contribution in [0.5, 0.6) is 17.2 Å². The van der Waals surface area contributed by atoms with Crippen molar-refractivity contribution in [2.45, 2.75) is 6.92 Å². The van der Waals surface area contributed by atoms with Crippen LogP contribution in [0, 0.1) is 6.92 Å². The van der Waals surface area contributed by atoms with Gasteiger partial charge in [-0.25, -0.2) is 0 Å². The molecule has 1 aliphatic carbocycles. The van der Waals surface area contributed by atoms with Gasteiger partial charge in [-0.3, -0.25) is 9.59 Å². The molecule has 0 fully saturated rings. The summed E-state index contributed by atoms with van der Waals surface area (Å²) in [5.41, 5.74) is 0.288. The third-order valence-electron chi connectivity index (χ3n) is 3.42. The Kier molecular flexibility index (Phi) is 2.34. The van der Waals surface area contributed by atoms with Gasteiger partial charge >= 0.3 is 0 Å². The fourth-order valence-electron chi connectivity index (χ4n) is 2.51. The summed E-state index contributed by atoms with van der Waals surface area (Å²) in [6, 6.07) is 5.00. The fourth-order valence-corrected chi connectivity index (χ4v) is 2.51. The maximum absolute atomic E-state index is 12.4. The van der Waals surface area contributed by atoms with E-state index in [0.29, 0.717) is 5.56 Å². The Morgan fingerprint density at radius 1 is 0.800 bits per heavy atom. The summed E-state index contributed by atoms with van der Waals surface area (Å²) < 4.78 is 0. The highest BCUT2D eigenvalue weighted by atomic mass is 16.3. The van der Waals surface area contributed by atoms with Crippen LogP contribution in [0.4, 0.5) is 0 Å². The zero-order valence-electron chi connectivity index (χ0n) is 10.5. The van der Waals surface area contributed by atoms with Gasteiger partial charge in [-0.2, -0.15) is 0 Å². The lowest BCUT2D eigenvalue weighted by molar-refractivity contribution is 0.0973. The maximum Gasteiger partial charge on any atom is 0.201 e. The number of aryl methyl sites for hydroxylation is 1. The number of phenols is 3. The van der Waals surface area contributed by atoms with Crippen LogP contribution in [0.15, 0.2) is 24.3 Å². The molecule has 0 saturated heterocycles. The van der Waals surface area contributed by atoms with Gasteiger partial charge in [0.2, 0.25) is 5.78 Å². The highest BCUT2D eigenvalue weighted by Crippen LogP contribution is 2.39. The molecule has 20 heavy (non-hydrogen) atoms. The number of fused-ring (bicyclic) bond motifs is 2. The molecule has 0 bridgehead atoms. The van der Waals surface area contributed by atoms with E-state index in [1.54, 1.807) is 6.92 Å². The molecular formula is C15H10O5. The summed E-state index contributed by atoms with van der Waals surface area (Å²) in [6.07, 6.45) is 0. The normalized spacial score (nSPS) is 13.1. The van der Waals surface area contributed by atoms with E-state index < -0.39 is 17.3 Å². The van der Waals surface area contributed by atoms with E-state index in [2.05, 4.69) is 0 Å². The zero-order chi connectivity index (χ0) is 14.6. The van der Waals surface area contributed by atoms with Gasteiger partial charge in [0.05, 0.1) is 11.1 Å². The highest BCUT2D eigenvalue weighted by molar-refractivity contribution is 6.30. The molecule has 3 N–H and O–H groups in total. The Balaban J connectivity index is 2.43. The van der Waals surface area contributed by atoms with Crippen molar-refractivity contribution in [2.24, 2.45) is 0 Å². The topological polar surface area (TPSA) is 94.8 Å². The number of phenolic OH excluding ortho intramolecular Hbond substituents is 3. The summed E-state index contributed by atoms with van der Waals surface area (Å²) in [7, 11) is 0. The van der Waals surface area contributed by atoms with Gasteiger partial charge in [-0.1, -0.05) is 6.07 Å². The first-order valence-electron chi connectivity index (χ1n) is 5.89. The molecule has 0 atom stereocenters. The molecule has 0 saturated carbocycles. The first kappa shape index (κ1) is 12.2. The average Bonchev–Trinajstić information content (AvgIpc) is 2.37. The minimum Gasteiger partial charge on any atom is -0.508 e. The lowest BCUT2D eigenvalue weighted by Crippen LogP contribution is -2.22. The molecular weight excluding hydrogens is 260 g/mol. The number of rotatable bonds is 0. The number of benzene rings is 2. The largest absolute Gasteiger partial charge is 0.508 e. The van der Waals surface area contributed by atoms with Gasteiger partial charge < -0.3 is 15.3 Å². The van der Waals surface area contributed by atoms with Crippen LogP contribution in [-0.4, -0.2) is 26.9 Å². The van der Waals surface area contributed by atoms with E-state index in [1.807, 2.05) is 0 Å². The lowest BCUT2D eigenvalue weighted by atomic mass is 9.81. The summed E-state index contributed by atoms with van der Waals surface area (Å²) >= 11 is 0. The third kappa shape index (κ3) is 1.43. The second-order valence-corrected chi connectivity index (χ2v) is 4.70. The first-order valence-corrected chi connectivity index (χ1v) is 5.89. The van der Waals surface area contributed by atoms with Crippen LogP contribution in [0.2, 0.25) is 0 Å². The van der Waals surface area contributed by atoms with E-state index in [9.17, 15) is 24.9 Å².